The molecule has 0 bridgehead atoms. The van der Waals surface area contributed by atoms with E-state index in [4.69, 9.17) is 0 Å². The number of benzene rings is 7. The summed E-state index contributed by atoms with van der Waals surface area (Å²) in [5.74, 6) is 0. The molecule has 45 heavy (non-hydrogen) atoms. The Labute approximate surface area is 264 Å². The van der Waals surface area contributed by atoms with Gasteiger partial charge in [-0.1, -0.05) is 103 Å². The largest absolute Gasteiger partial charge is 0.311 e. The lowest BCUT2D eigenvalue weighted by atomic mass is 10.0. The Morgan fingerprint density at radius 3 is 1.00 bits per heavy atom. The Hall–Kier alpha value is -6.06. The van der Waals surface area contributed by atoms with Crippen molar-refractivity contribution in [3.05, 3.63) is 188 Å². The van der Waals surface area contributed by atoms with Crippen LogP contribution in [0.4, 0.5) is 51.2 Å². The second kappa shape index (κ2) is 11.6. The van der Waals surface area contributed by atoms with Gasteiger partial charge in [-0.25, -0.2) is 0 Å². The lowest BCUT2D eigenvalue weighted by molar-refractivity contribution is 1.17. The van der Waals surface area contributed by atoms with Gasteiger partial charge in [0.1, 0.15) is 0 Å². The van der Waals surface area contributed by atoms with E-state index in [-0.39, 0.29) is 0 Å². The van der Waals surface area contributed by atoms with Crippen LogP contribution in [-0.2, 0) is 0 Å². The number of para-hydroxylation sites is 7. The molecule has 0 fully saturated rings. The van der Waals surface area contributed by atoms with Crippen LogP contribution in [0.15, 0.2) is 188 Å². The van der Waals surface area contributed by atoms with Gasteiger partial charge in [0.15, 0.2) is 0 Å². The number of hydrogen-bond donors (Lipinski definition) is 0. The van der Waals surface area contributed by atoms with Crippen molar-refractivity contribution < 1.29 is 0 Å². The zero-order valence-electron chi connectivity index (χ0n) is 24.7. The summed E-state index contributed by atoms with van der Waals surface area (Å²) in [5.41, 5.74) is 12.6. The first-order valence-electron chi connectivity index (χ1n) is 15.3. The molecule has 7 aromatic carbocycles. The van der Waals surface area contributed by atoms with Gasteiger partial charge in [-0.05, 0) is 96.1 Å². The summed E-state index contributed by atoms with van der Waals surface area (Å²) in [6.07, 6.45) is 0. The fraction of sp³-hybridized carbons (Fsp3) is 0. The molecule has 8 rings (SSSR count). The quantitative estimate of drug-likeness (QED) is 0.195. The van der Waals surface area contributed by atoms with Crippen LogP contribution in [0, 0.1) is 0 Å². The van der Waals surface area contributed by atoms with Gasteiger partial charge in [-0.15, -0.1) is 0 Å². The SMILES string of the molecule is c1ccc(N(c2ccccc2)c2ccc(-c3ccc(N4c5ccccc5N(c5ccccc5)c5ccccc54)cc3)cc2)cc1. The Bertz CT molecular complexity index is 1950. The van der Waals surface area contributed by atoms with Gasteiger partial charge in [0.05, 0.1) is 22.7 Å². The van der Waals surface area contributed by atoms with Crippen LogP contribution >= 0.6 is 0 Å². The Balaban J connectivity index is 1.14. The van der Waals surface area contributed by atoms with Crippen LogP contribution in [0.3, 0.4) is 0 Å². The van der Waals surface area contributed by atoms with Crippen molar-refractivity contribution in [3.8, 4) is 11.1 Å². The molecule has 0 N–H and O–H groups in total. The molecular weight excluding hydrogens is 546 g/mol. The highest BCUT2D eigenvalue weighted by molar-refractivity contribution is 6.01. The van der Waals surface area contributed by atoms with Crippen LogP contribution < -0.4 is 14.7 Å². The van der Waals surface area contributed by atoms with Gasteiger partial charge < -0.3 is 14.7 Å². The average molecular weight is 578 g/mol. The van der Waals surface area contributed by atoms with E-state index in [1.165, 1.54) is 11.1 Å². The molecule has 1 heterocycles. The Morgan fingerprint density at radius 1 is 0.267 bits per heavy atom. The lowest BCUT2D eigenvalue weighted by Gasteiger charge is -2.40. The van der Waals surface area contributed by atoms with Crippen molar-refractivity contribution in [2.45, 2.75) is 0 Å². The first kappa shape index (κ1) is 26.6. The van der Waals surface area contributed by atoms with Crippen molar-refractivity contribution in [1.82, 2.24) is 0 Å². The highest BCUT2D eigenvalue weighted by atomic mass is 15.3. The minimum atomic E-state index is 1.12. The molecule has 0 aliphatic carbocycles. The predicted molar refractivity (Wildman–Crippen MR) is 189 cm³/mol. The van der Waals surface area contributed by atoms with Gasteiger partial charge >= 0.3 is 0 Å². The number of nitrogens with zero attached hydrogens (tertiary/aromatic N) is 3. The van der Waals surface area contributed by atoms with E-state index in [1.807, 2.05) is 0 Å². The van der Waals surface area contributed by atoms with Crippen LogP contribution in [0.25, 0.3) is 11.1 Å². The molecule has 0 radical (unpaired) electrons. The predicted octanol–water partition coefficient (Wildman–Crippen LogP) is 12.1. The fourth-order valence-corrected chi connectivity index (χ4v) is 6.28. The van der Waals surface area contributed by atoms with Crippen molar-refractivity contribution in [3.63, 3.8) is 0 Å². The molecule has 214 valence electrons. The maximum atomic E-state index is 2.37. The molecule has 0 saturated heterocycles. The standard InChI is InChI=1S/C42H31N3/c1-4-14-34(15-5-1)43(35-16-6-2-7-17-35)37-28-24-32(25-29-37)33-26-30-38(31-27-33)45-41-22-12-10-20-39(41)44(36-18-8-3-9-19-36)40-21-11-13-23-42(40)45/h1-31H. The average Bonchev–Trinajstić information content (AvgIpc) is 3.12. The summed E-state index contributed by atoms with van der Waals surface area (Å²) >= 11 is 0. The zero-order valence-corrected chi connectivity index (χ0v) is 24.7. The first-order chi connectivity index (χ1) is 22.3. The molecule has 0 amide bonds. The third-order valence-corrected chi connectivity index (χ3v) is 8.35. The topological polar surface area (TPSA) is 9.72 Å². The third-order valence-electron chi connectivity index (χ3n) is 8.35. The molecule has 0 saturated carbocycles. The molecular formula is C42H31N3. The molecule has 0 spiro atoms. The summed E-state index contributed by atoms with van der Waals surface area (Å²) in [6.45, 7) is 0. The molecule has 0 aromatic heterocycles. The summed E-state index contributed by atoms with van der Waals surface area (Å²) in [6, 6.07) is 66.7. The molecule has 0 unspecified atom stereocenters. The normalized spacial score (nSPS) is 11.9. The van der Waals surface area contributed by atoms with Crippen LogP contribution in [-0.4, -0.2) is 0 Å². The van der Waals surface area contributed by atoms with Gasteiger partial charge in [-0.2, -0.15) is 0 Å². The maximum absolute atomic E-state index is 2.37. The van der Waals surface area contributed by atoms with Crippen LogP contribution in [0.2, 0.25) is 0 Å². The molecule has 7 aromatic rings. The smallest absolute Gasteiger partial charge is 0.0703 e. The van der Waals surface area contributed by atoms with E-state index in [0.717, 1.165) is 51.2 Å². The van der Waals surface area contributed by atoms with Crippen LogP contribution in [0.1, 0.15) is 0 Å². The highest BCUT2D eigenvalue weighted by Gasteiger charge is 2.29. The van der Waals surface area contributed by atoms with Crippen molar-refractivity contribution in [2.24, 2.45) is 0 Å². The van der Waals surface area contributed by atoms with Crippen molar-refractivity contribution in [2.75, 3.05) is 14.7 Å². The van der Waals surface area contributed by atoms with E-state index < -0.39 is 0 Å². The second-order valence-electron chi connectivity index (χ2n) is 11.1. The summed E-state index contributed by atoms with van der Waals surface area (Å²) in [7, 11) is 0. The minimum Gasteiger partial charge on any atom is -0.311 e. The van der Waals surface area contributed by atoms with E-state index in [2.05, 4.69) is 203 Å². The van der Waals surface area contributed by atoms with E-state index in [9.17, 15) is 0 Å². The number of rotatable bonds is 6. The number of hydrogen-bond acceptors (Lipinski definition) is 3. The van der Waals surface area contributed by atoms with Crippen molar-refractivity contribution >= 4 is 51.2 Å². The first-order valence-corrected chi connectivity index (χ1v) is 15.3. The third kappa shape index (κ3) is 4.91. The second-order valence-corrected chi connectivity index (χ2v) is 11.1. The molecule has 1 aliphatic rings. The zero-order chi connectivity index (χ0) is 30.0. The Kier molecular flexibility index (Phi) is 6.82. The maximum Gasteiger partial charge on any atom is 0.0703 e. The summed E-state index contributed by atoms with van der Waals surface area (Å²) in [4.78, 5) is 7.01. The monoisotopic (exact) mass is 577 g/mol. The number of anilines is 9. The summed E-state index contributed by atoms with van der Waals surface area (Å²) < 4.78 is 0. The Morgan fingerprint density at radius 2 is 0.578 bits per heavy atom. The lowest BCUT2D eigenvalue weighted by Crippen LogP contribution is -2.23. The minimum absolute atomic E-state index is 1.12. The van der Waals surface area contributed by atoms with Gasteiger partial charge in [0.25, 0.3) is 0 Å². The molecule has 3 nitrogen and oxygen atoms in total. The summed E-state index contributed by atoms with van der Waals surface area (Å²) in [5, 5.41) is 0. The van der Waals surface area contributed by atoms with Gasteiger partial charge in [0, 0.05) is 28.4 Å². The fourth-order valence-electron chi connectivity index (χ4n) is 6.28. The van der Waals surface area contributed by atoms with E-state index in [0.29, 0.717) is 0 Å². The molecule has 3 heteroatoms. The molecule has 0 atom stereocenters. The van der Waals surface area contributed by atoms with Gasteiger partial charge in [0.2, 0.25) is 0 Å². The van der Waals surface area contributed by atoms with Crippen LogP contribution in [0.5, 0.6) is 0 Å². The molecule has 1 aliphatic heterocycles. The van der Waals surface area contributed by atoms with Crippen molar-refractivity contribution in [1.29, 1.82) is 0 Å². The number of fused-ring (bicyclic) bond motifs is 2. The van der Waals surface area contributed by atoms with E-state index in [1.54, 1.807) is 0 Å². The van der Waals surface area contributed by atoms with E-state index >= 15 is 0 Å². The highest BCUT2D eigenvalue weighted by Crippen LogP contribution is 2.53. The van der Waals surface area contributed by atoms with Gasteiger partial charge in [-0.3, -0.25) is 0 Å².